The second-order valence-electron chi connectivity index (χ2n) is 3.96. The first kappa shape index (κ1) is 19.3. The standard InChI is InChI=1S/C13H18N2O7/c1-15(11(18)4-3-9-16)22-13(20)7-8-14-10(17)5-6-12(19)21-2/h5-6,9H,3-4,7-8H2,1-2H3,(H,14,17)/b6-5-. The molecule has 0 atom stereocenters. The Kier molecular flexibility index (Phi) is 9.65. The maximum absolute atomic E-state index is 11.4. The summed E-state index contributed by atoms with van der Waals surface area (Å²) in [6.45, 7) is -0.0282. The summed E-state index contributed by atoms with van der Waals surface area (Å²) in [6.07, 6.45) is 2.32. The highest BCUT2D eigenvalue weighted by molar-refractivity contribution is 5.94. The normalized spacial score (nSPS) is 9.91. The zero-order valence-electron chi connectivity index (χ0n) is 12.4. The van der Waals surface area contributed by atoms with E-state index in [4.69, 9.17) is 4.84 Å². The number of nitrogens with zero attached hydrogens (tertiary/aromatic N) is 1. The highest BCUT2D eigenvalue weighted by Gasteiger charge is 2.13. The Balaban J connectivity index is 3.96. The van der Waals surface area contributed by atoms with E-state index in [0.717, 1.165) is 17.2 Å². The molecular formula is C13H18N2O7. The molecule has 0 aromatic rings. The molecule has 0 aromatic carbocycles. The van der Waals surface area contributed by atoms with Gasteiger partial charge in [0.15, 0.2) is 0 Å². The molecule has 0 spiro atoms. The number of carbonyl (C=O) groups is 5. The zero-order chi connectivity index (χ0) is 17.0. The molecule has 22 heavy (non-hydrogen) atoms. The van der Waals surface area contributed by atoms with Gasteiger partial charge in [-0.05, 0) is 0 Å². The van der Waals surface area contributed by atoms with E-state index in [1.807, 2.05) is 0 Å². The van der Waals surface area contributed by atoms with Gasteiger partial charge in [-0.15, -0.1) is 0 Å². The van der Waals surface area contributed by atoms with E-state index in [1.165, 1.54) is 14.2 Å². The van der Waals surface area contributed by atoms with Crippen molar-refractivity contribution < 1.29 is 33.5 Å². The fourth-order valence-electron chi connectivity index (χ4n) is 1.15. The van der Waals surface area contributed by atoms with Crippen LogP contribution >= 0.6 is 0 Å². The van der Waals surface area contributed by atoms with Crippen molar-refractivity contribution in [3.63, 3.8) is 0 Å². The van der Waals surface area contributed by atoms with Crippen molar-refractivity contribution in [1.82, 2.24) is 10.4 Å². The van der Waals surface area contributed by atoms with Crippen LogP contribution in [0.15, 0.2) is 12.2 Å². The van der Waals surface area contributed by atoms with E-state index in [-0.39, 0.29) is 25.8 Å². The summed E-state index contributed by atoms with van der Waals surface area (Å²) in [6, 6.07) is 0. The lowest BCUT2D eigenvalue weighted by Crippen LogP contribution is -2.31. The molecule has 0 heterocycles. The fourth-order valence-corrected chi connectivity index (χ4v) is 1.15. The van der Waals surface area contributed by atoms with Gasteiger partial charge < -0.3 is 19.7 Å². The number of carbonyl (C=O) groups excluding carboxylic acids is 5. The van der Waals surface area contributed by atoms with Crippen LogP contribution in [0.3, 0.4) is 0 Å². The fraction of sp³-hybridized carbons (Fsp3) is 0.462. The molecule has 0 fully saturated rings. The number of hydrogen-bond donors (Lipinski definition) is 1. The van der Waals surface area contributed by atoms with Crippen molar-refractivity contribution in [3.05, 3.63) is 12.2 Å². The van der Waals surface area contributed by atoms with E-state index in [0.29, 0.717) is 6.29 Å². The van der Waals surface area contributed by atoms with Crippen molar-refractivity contribution in [2.45, 2.75) is 19.3 Å². The van der Waals surface area contributed by atoms with Crippen molar-refractivity contribution in [1.29, 1.82) is 0 Å². The van der Waals surface area contributed by atoms with Gasteiger partial charge in [-0.2, -0.15) is 5.06 Å². The Labute approximate surface area is 127 Å². The third kappa shape index (κ3) is 9.23. The number of methoxy groups -OCH3 is 1. The molecule has 9 heteroatoms. The molecule has 0 aliphatic rings. The molecule has 0 aliphatic heterocycles. The van der Waals surface area contributed by atoms with E-state index < -0.39 is 23.8 Å². The molecule has 0 saturated heterocycles. The first-order valence-corrected chi connectivity index (χ1v) is 6.35. The number of esters is 1. The van der Waals surface area contributed by atoms with Gasteiger partial charge in [0.05, 0.1) is 13.5 Å². The largest absolute Gasteiger partial charge is 0.466 e. The van der Waals surface area contributed by atoms with Gasteiger partial charge in [0.1, 0.15) is 6.29 Å². The summed E-state index contributed by atoms with van der Waals surface area (Å²) in [5.41, 5.74) is 0. The van der Waals surface area contributed by atoms with Gasteiger partial charge in [-0.25, -0.2) is 9.59 Å². The molecule has 0 aliphatic carbocycles. The molecule has 0 bridgehead atoms. The van der Waals surface area contributed by atoms with Gasteiger partial charge in [-0.3, -0.25) is 9.59 Å². The smallest absolute Gasteiger partial charge is 0.334 e. The molecule has 9 nitrogen and oxygen atoms in total. The van der Waals surface area contributed by atoms with Gasteiger partial charge in [-0.1, -0.05) is 0 Å². The Morgan fingerprint density at radius 3 is 2.41 bits per heavy atom. The molecule has 0 radical (unpaired) electrons. The minimum atomic E-state index is -0.723. The quantitative estimate of drug-likeness (QED) is 0.267. The van der Waals surface area contributed by atoms with Crippen LogP contribution in [-0.4, -0.2) is 55.8 Å². The number of ether oxygens (including phenoxy) is 1. The lowest BCUT2D eigenvalue weighted by molar-refractivity contribution is -0.192. The second kappa shape index (κ2) is 11.0. The summed E-state index contributed by atoms with van der Waals surface area (Å²) < 4.78 is 4.30. The summed E-state index contributed by atoms with van der Waals surface area (Å²) in [5.74, 6) is -2.48. The summed E-state index contributed by atoms with van der Waals surface area (Å²) in [4.78, 5) is 59.5. The monoisotopic (exact) mass is 314 g/mol. The third-order valence-electron chi connectivity index (χ3n) is 2.27. The average molecular weight is 314 g/mol. The minimum absolute atomic E-state index is 0.0282. The molecule has 1 N–H and O–H groups in total. The van der Waals surface area contributed by atoms with E-state index in [2.05, 4.69) is 10.1 Å². The van der Waals surface area contributed by atoms with Crippen LogP contribution in [0.25, 0.3) is 0 Å². The van der Waals surface area contributed by atoms with Crippen LogP contribution in [0.5, 0.6) is 0 Å². The second-order valence-corrected chi connectivity index (χ2v) is 3.96. The van der Waals surface area contributed by atoms with Crippen molar-refractivity contribution in [2.24, 2.45) is 0 Å². The van der Waals surface area contributed by atoms with Crippen LogP contribution in [0.2, 0.25) is 0 Å². The van der Waals surface area contributed by atoms with Crippen molar-refractivity contribution in [3.8, 4) is 0 Å². The van der Waals surface area contributed by atoms with Crippen LogP contribution in [-0.2, 0) is 33.5 Å². The van der Waals surface area contributed by atoms with Crippen LogP contribution in [0, 0.1) is 0 Å². The van der Waals surface area contributed by atoms with Gasteiger partial charge >= 0.3 is 11.9 Å². The molecule has 0 rings (SSSR count). The van der Waals surface area contributed by atoms with Gasteiger partial charge in [0, 0.05) is 38.6 Å². The number of hydroxylamine groups is 2. The number of aldehydes is 1. The minimum Gasteiger partial charge on any atom is -0.466 e. The number of nitrogens with one attached hydrogen (secondary N) is 1. The summed E-state index contributed by atoms with van der Waals surface area (Å²) in [7, 11) is 2.43. The SMILES string of the molecule is COC(=O)/C=C\C(=O)NCCC(=O)ON(C)C(=O)CCC=O. The van der Waals surface area contributed by atoms with E-state index in [1.54, 1.807) is 0 Å². The lowest BCUT2D eigenvalue weighted by Gasteiger charge is -2.15. The number of amides is 2. The summed E-state index contributed by atoms with van der Waals surface area (Å²) in [5, 5.41) is 3.09. The van der Waals surface area contributed by atoms with Crippen LogP contribution in [0.4, 0.5) is 0 Å². The van der Waals surface area contributed by atoms with Crippen molar-refractivity contribution >= 4 is 30.0 Å². The average Bonchev–Trinajstić information content (AvgIpc) is 2.49. The molecule has 0 aromatic heterocycles. The first-order valence-electron chi connectivity index (χ1n) is 6.35. The van der Waals surface area contributed by atoms with Crippen LogP contribution in [0.1, 0.15) is 19.3 Å². The number of rotatable bonds is 8. The van der Waals surface area contributed by atoms with Crippen LogP contribution < -0.4 is 5.32 Å². The summed E-state index contributed by atoms with van der Waals surface area (Å²) >= 11 is 0. The molecule has 2 amide bonds. The third-order valence-corrected chi connectivity index (χ3v) is 2.27. The lowest BCUT2D eigenvalue weighted by atomic mass is 10.3. The first-order chi connectivity index (χ1) is 10.4. The highest BCUT2D eigenvalue weighted by Crippen LogP contribution is 1.97. The maximum atomic E-state index is 11.4. The molecule has 0 unspecified atom stereocenters. The number of hydrogen-bond acceptors (Lipinski definition) is 7. The molecule has 0 saturated carbocycles. The van der Waals surface area contributed by atoms with Gasteiger partial charge in [0.25, 0.3) is 5.91 Å². The van der Waals surface area contributed by atoms with Crippen molar-refractivity contribution in [2.75, 3.05) is 20.7 Å². The van der Waals surface area contributed by atoms with E-state index >= 15 is 0 Å². The Morgan fingerprint density at radius 2 is 1.82 bits per heavy atom. The maximum Gasteiger partial charge on any atom is 0.334 e. The predicted octanol–water partition coefficient (Wildman–Crippen LogP) is -0.882. The Hall–Kier alpha value is -2.71. The predicted molar refractivity (Wildman–Crippen MR) is 72.9 cm³/mol. The highest BCUT2D eigenvalue weighted by atomic mass is 16.7. The topological polar surface area (TPSA) is 119 Å². The zero-order valence-corrected chi connectivity index (χ0v) is 12.4. The molecule has 122 valence electrons. The Morgan fingerprint density at radius 1 is 1.14 bits per heavy atom. The Bertz CT molecular complexity index is 459. The molecular weight excluding hydrogens is 296 g/mol. The van der Waals surface area contributed by atoms with E-state index in [9.17, 15) is 24.0 Å². The van der Waals surface area contributed by atoms with Gasteiger partial charge in [0.2, 0.25) is 5.91 Å².